The van der Waals surface area contributed by atoms with Gasteiger partial charge in [0, 0.05) is 25.6 Å². The van der Waals surface area contributed by atoms with Gasteiger partial charge in [0.2, 0.25) is 11.8 Å². The number of hydrogen-bond donors (Lipinski definition) is 3. The highest BCUT2D eigenvalue weighted by Gasteiger charge is 2.44. The molecular weight excluding hydrogens is 466 g/mol. The smallest absolute Gasteiger partial charge is 0.326 e. The van der Waals surface area contributed by atoms with Crippen LogP contribution in [0, 0.1) is 0 Å². The first kappa shape index (κ1) is 23.2. The van der Waals surface area contributed by atoms with Gasteiger partial charge in [0.15, 0.2) is 0 Å². The number of aromatic amines is 1. The lowest BCUT2D eigenvalue weighted by molar-refractivity contribution is -0.136. The number of aromatic nitrogens is 2. The van der Waals surface area contributed by atoms with Crippen LogP contribution in [-0.2, 0) is 23.1 Å². The minimum atomic E-state index is -0.998. The first-order chi connectivity index (χ1) is 17.2. The number of benzene rings is 2. The number of nitrogens with zero attached hydrogens (tertiary/aromatic N) is 2. The van der Waals surface area contributed by atoms with Gasteiger partial charge >= 0.3 is 5.69 Å². The maximum absolute atomic E-state index is 12.9. The number of imide groups is 2. The van der Waals surface area contributed by atoms with Crippen molar-refractivity contribution in [3.05, 3.63) is 69.1 Å². The van der Waals surface area contributed by atoms with Crippen LogP contribution in [0.25, 0.3) is 11.0 Å². The van der Waals surface area contributed by atoms with Crippen molar-refractivity contribution in [2.45, 2.75) is 31.7 Å². The Labute approximate surface area is 204 Å². The molecule has 3 N–H and O–H groups in total. The maximum atomic E-state index is 12.9. The van der Waals surface area contributed by atoms with E-state index in [0.29, 0.717) is 36.0 Å². The van der Waals surface area contributed by atoms with Crippen LogP contribution in [0.4, 0.5) is 0 Å². The largest absolute Gasteiger partial charge is 0.352 e. The lowest BCUT2D eigenvalue weighted by Gasteiger charge is -2.27. The van der Waals surface area contributed by atoms with Gasteiger partial charge in [-0.2, -0.15) is 0 Å². The van der Waals surface area contributed by atoms with E-state index in [-0.39, 0.29) is 35.6 Å². The zero-order valence-electron chi connectivity index (χ0n) is 19.4. The van der Waals surface area contributed by atoms with Crippen molar-refractivity contribution in [2.75, 3.05) is 6.54 Å². The Bertz CT molecular complexity index is 1520. The average molecular weight is 489 g/mol. The van der Waals surface area contributed by atoms with Crippen LogP contribution in [0.3, 0.4) is 0 Å². The number of carbonyl (C=O) groups is 5. The normalized spacial score (nSPS) is 17.5. The maximum Gasteiger partial charge on any atom is 0.326 e. The average Bonchev–Trinajstić information content (AvgIpc) is 3.28. The minimum absolute atomic E-state index is 0.0674. The number of aryl methyl sites for hydroxylation is 2. The molecule has 1 atom stereocenters. The van der Waals surface area contributed by atoms with Crippen molar-refractivity contribution in [1.82, 2.24) is 25.1 Å². The first-order valence-corrected chi connectivity index (χ1v) is 11.6. The number of amides is 5. The molecule has 1 unspecified atom stereocenters. The second kappa shape index (κ2) is 8.91. The zero-order valence-corrected chi connectivity index (χ0v) is 19.4. The van der Waals surface area contributed by atoms with Crippen LogP contribution < -0.4 is 16.3 Å². The summed E-state index contributed by atoms with van der Waals surface area (Å²) >= 11 is 0. The highest BCUT2D eigenvalue weighted by atomic mass is 16.2. The molecule has 1 fully saturated rings. The summed E-state index contributed by atoms with van der Waals surface area (Å²) in [6.45, 7) is 0.383. The third-order valence-electron chi connectivity index (χ3n) is 6.60. The van der Waals surface area contributed by atoms with Crippen molar-refractivity contribution in [3.63, 3.8) is 0 Å². The van der Waals surface area contributed by atoms with Gasteiger partial charge in [-0.05, 0) is 55.2 Å². The molecule has 11 heteroatoms. The van der Waals surface area contributed by atoms with Crippen LogP contribution >= 0.6 is 0 Å². The molecule has 0 aliphatic carbocycles. The summed E-state index contributed by atoms with van der Waals surface area (Å²) in [5.74, 6) is -2.42. The van der Waals surface area contributed by atoms with Crippen molar-refractivity contribution in [2.24, 2.45) is 7.05 Å². The van der Waals surface area contributed by atoms with E-state index < -0.39 is 29.7 Å². The number of fused-ring (bicyclic) bond motifs is 2. The minimum Gasteiger partial charge on any atom is -0.352 e. The highest BCUT2D eigenvalue weighted by Crippen LogP contribution is 2.28. The van der Waals surface area contributed by atoms with Crippen LogP contribution in [0.15, 0.2) is 41.2 Å². The van der Waals surface area contributed by atoms with Gasteiger partial charge in [0.25, 0.3) is 17.7 Å². The van der Waals surface area contributed by atoms with Gasteiger partial charge < -0.3 is 10.3 Å². The molecule has 5 amide bonds. The van der Waals surface area contributed by atoms with Crippen LogP contribution in [0.1, 0.15) is 55.9 Å². The zero-order chi connectivity index (χ0) is 25.6. The Hall–Kier alpha value is -4.54. The van der Waals surface area contributed by atoms with Gasteiger partial charge in [-0.15, -0.1) is 0 Å². The van der Waals surface area contributed by atoms with E-state index in [0.717, 1.165) is 10.5 Å². The van der Waals surface area contributed by atoms with Gasteiger partial charge in [-0.1, -0.05) is 6.07 Å². The van der Waals surface area contributed by atoms with E-state index in [2.05, 4.69) is 15.6 Å². The van der Waals surface area contributed by atoms with Gasteiger partial charge in [0.1, 0.15) is 6.04 Å². The van der Waals surface area contributed by atoms with E-state index in [1.807, 2.05) is 0 Å². The van der Waals surface area contributed by atoms with E-state index in [9.17, 15) is 28.8 Å². The van der Waals surface area contributed by atoms with Crippen molar-refractivity contribution >= 4 is 40.6 Å². The molecule has 1 aromatic heterocycles. The van der Waals surface area contributed by atoms with Crippen molar-refractivity contribution in [1.29, 1.82) is 0 Å². The predicted octanol–water partition coefficient (Wildman–Crippen LogP) is 0.630. The topological polar surface area (TPSA) is 150 Å². The number of H-pyrrole nitrogens is 1. The Morgan fingerprint density at radius 1 is 1.03 bits per heavy atom. The predicted molar refractivity (Wildman–Crippen MR) is 127 cm³/mol. The molecule has 11 nitrogen and oxygen atoms in total. The summed E-state index contributed by atoms with van der Waals surface area (Å²) in [5, 5.41) is 5.02. The number of hydrogen-bond acceptors (Lipinski definition) is 6. The summed E-state index contributed by atoms with van der Waals surface area (Å²) in [5.41, 5.74) is 2.75. The summed E-state index contributed by atoms with van der Waals surface area (Å²) in [4.78, 5) is 77.2. The van der Waals surface area contributed by atoms with Crippen molar-refractivity contribution in [3.8, 4) is 0 Å². The van der Waals surface area contributed by atoms with Crippen molar-refractivity contribution < 1.29 is 24.0 Å². The molecule has 2 aliphatic heterocycles. The quantitative estimate of drug-likeness (QED) is 0.341. The Morgan fingerprint density at radius 2 is 1.81 bits per heavy atom. The number of rotatable bonds is 6. The monoisotopic (exact) mass is 489 g/mol. The lowest BCUT2D eigenvalue weighted by atomic mass is 10.0. The lowest BCUT2D eigenvalue weighted by Crippen LogP contribution is -2.54. The fraction of sp³-hybridized carbons (Fsp3) is 0.280. The summed E-state index contributed by atoms with van der Waals surface area (Å²) < 4.78 is 1.47. The summed E-state index contributed by atoms with van der Waals surface area (Å²) in [7, 11) is 1.65. The Balaban J connectivity index is 1.19. The molecule has 0 radical (unpaired) electrons. The molecule has 2 aromatic carbocycles. The van der Waals surface area contributed by atoms with Gasteiger partial charge in [0.05, 0.1) is 22.2 Å². The molecule has 0 saturated carbocycles. The van der Waals surface area contributed by atoms with Crippen LogP contribution in [0.5, 0.6) is 0 Å². The van der Waals surface area contributed by atoms with E-state index in [1.165, 1.54) is 4.57 Å². The molecule has 0 spiro atoms. The molecule has 184 valence electrons. The van der Waals surface area contributed by atoms with Gasteiger partial charge in [-0.25, -0.2) is 4.79 Å². The molecule has 2 aliphatic rings. The number of carbonyl (C=O) groups excluding carboxylic acids is 5. The fourth-order valence-corrected chi connectivity index (χ4v) is 4.65. The molecule has 3 heterocycles. The number of piperidine rings is 1. The standard InChI is InChI=1S/C25H23N5O6/c1-29-18-7-5-14(12-17(18)27-25(29)36)21(32)26-10-2-3-13-4-6-15-16(11-13)24(35)30(23(15)34)19-8-9-20(31)28-22(19)33/h4-7,11-12,19H,2-3,8-10H2,1H3,(H,26,32)(H,27,36)(H,28,31,33). The van der Waals surface area contributed by atoms with Crippen LogP contribution in [0.2, 0.25) is 0 Å². The first-order valence-electron chi connectivity index (χ1n) is 11.6. The Morgan fingerprint density at radius 3 is 2.58 bits per heavy atom. The Kier molecular flexibility index (Phi) is 5.75. The molecule has 36 heavy (non-hydrogen) atoms. The van der Waals surface area contributed by atoms with Crippen LogP contribution in [-0.4, -0.2) is 56.6 Å². The number of nitrogens with one attached hydrogen (secondary N) is 3. The fourth-order valence-electron chi connectivity index (χ4n) is 4.65. The van der Waals surface area contributed by atoms with E-state index >= 15 is 0 Å². The van der Waals surface area contributed by atoms with Gasteiger partial charge in [-0.3, -0.25) is 38.8 Å². The molecule has 1 saturated heterocycles. The third kappa shape index (κ3) is 3.98. The molecular formula is C25H23N5O6. The third-order valence-corrected chi connectivity index (χ3v) is 6.60. The summed E-state index contributed by atoms with van der Waals surface area (Å²) in [6, 6.07) is 8.96. The van der Waals surface area contributed by atoms with E-state index in [1.54, 1.807) is 43.4 Å². The van der Waals surface area contributed by atoms with E-state index in [4.69, 9.17) is 0 Å². The number of imidazole rings is 1. The summed E-state index contributed by atoms with van der Waals surface area (Å²) in [6.07, 6.45) is 1.32. The second-order valence-corrected chi connectivity index (χ2v) is 8.91. The second-order valence-electron chi connectivity index (χ2n) is 8.91. The molecule has 0 bridgehead atoms. The SMILES string of the molecule is Cn1c(=O)[nH]c2cc(C(=O)NCCCc3ccc4c(c3)C(=O)N(C3CCC(=O)NC3=O)C4=O)ccc21. The molecule has 3 aromatic rings. The highest BCUT2D eigenvalue weighted by molar-refractivity contribution is 6.23. The molecule has 5 rings (SSSR count).